The molecule has 0 saturated carbocycles. The van der Waals surface area contributed by atoms with Gasteiger partial charge < -0.3 is 14.8 Å². The molecular formula is C15H22N2O2S. The molecule has 1 aliphatic rings. The van der Waals surface area contributed by atoms with E-state index in [9.17, 15) is 0 Å². The van der Waals surface area contributed by atoms with E-state index in [1.807, 2.05) is 18.2 Å². The molecule has 0 amide bonds. The van der Waals surface area contributed by atoms with E-state index in [-0.39, 0.29) is 5.54 Å². The van der Waals surface area contributed by atoms with Gasteiger partial charge in [-0.05, 0) is 12.8 Å². The van der Waals surface area contributed by atoms with Gasteiger partial charge >= 0.3 is 0 Å². The molecule has 1 aromatic carbocycles. The van der Waals surface area contributed by atoms with E-state index >= 15 is 0 Å². The fourth-order valence-corrected chi connectivity index (χ4v) is 3.49. The molecule has 2 rings (SSSR count). The predicted molar refractivity (Wildman–Crippen MR) is 86.4 cm³/mol. The summed E-state index contributed by atoms with van der Waals surface area (Å²) in [4.78, 5) is 4.85. The summed E-state index contributed by atoms with van der Waals surface area (Å²) in [5.74, 6) is 2.59. The first-order valence-electron chi connectivity index (χ1n) is 6.87. The summed E-state index contributed by atoms with van der Waals surface area (Å²) in [5.41, 5.74) is 1.03. The van der Waals surface area contributed by atoms with Gasteiger partial charge in [0.2, 0.25) is 0 Å². The van der Waals surface area contributed by atoms with Gasteiger partial charge in [0.25, 0.3) is 0 Å². The van der Waals surface area contributed by atoms with E-state index in [1.165, 1.54) is 0 Å². The number of aliphatic imine (C=N–C) groups is 1. The van der Waals surface area contributed by atoms with Crippen LogP contribution in [0.1, 0.15) is 26.7 Å². The molecule has 0 aromatic heterocycles. The van der Waals surface area contributed by atoms with Crippen LogP contribution in [0.25, 0.3) is 0 Å². The molecule has 0 unspecified atom stereocenters. The van der Waals surface area contributed by atoms with Crippen molar-refractivity contribution in [2.45, 2.75) is 32.2 Å². The SMILES string of the molecule is CCC1(CC)CSC(Nc2cc(OC)cc(OC)c2)=N1. The Morgan fingerprint density at radius 3 is 2.20 bits per heavy atom. The van der Waals surface area contributed by atoms with E-state index in [4.69, 9.17) is 14.5 Å². The van der Waals surface area contributed by atoms with Gasteiger partial charge in [-0.25, -0.2) is 0 Å². The molecule has 0 aliphatic carbocycles. The number of nitrogens with one attached hydrogen (secondary N) is 1. The highest BCUT2D eigenvalue weighted by molar-refractivity contribution is 8.14. The summed E-state index contributed by atoms with van der Waals surface area (Å²) in [7, 11) is 3.30. The van der Waals surface area contributed by atoms with E-state index in [1.54, 1.807) is 26.0 Å². The Morgan fingerprint density at radius 2 is 1.75 bits per heavy atom. The first kappa shape index (κ1) is 15.0. The minimum atomic E-state index is 0.0932. The average molecular weight is 294 g/mol. The van der Waals surface area contributed by atoms with Crippen molar-refractivity contribution in [1.82, 2.24) is 0 Å². The lowest BCUT2D eigenvalue weighted by atomic mass is 9.97. The zero-order valence-corrected chi connectivity index (χ0v) is 13.3. The Balaban J connectivity index is 2.18. The van der Waals surface area contributed by atoms with Crippen LogP contribution < -0.4 is 14.8 Å². The number of hydrogen-bond donors (Lipinski definition) is 1. The van der Waals surface area contributed by atoms with Crippen molar-refractivity contribution < 1.29 is 9.47 Å². The molecule has 1 heterocycles. The molecule has 110 valence electrons. The maximum Gasteiger partial charge on any atom is 0.161 e. The maximum atomic E-state index is 5.28. The van der Waals surface area contributed by atoms with E-state index < -0.39 is 0 Å². The summed E-state index contributed by atoms with van der Waals surface area (Å²) in [5, 5.41) is 4.34. The Hall–Kier alpha value is -1.36. The third kappa shape index (κ3) is 3.20. The molecule has 1 N–H and O–H groups in total. The van der Waals surface area contributed by atoms with Crippen molar-refractivity contribution in [2.24, 2.45) is 4.99 Å². The predicted octanol–water partition coefficient (Wildman–Crippen LogP) is 3.78. The molecule has 1 aromatic rings. The first-order valence-corrected chi connectivity index (χ1v) is 7.86. The van der Waals surface area contributed by atoms with Crippen LogP contribution in [0.15, 0.2) is 23.2 Å². The molecule has 20 heavy (non-hydrogen) atoms. The fraction of sp³-hybridized carbons (Fsp3) is 0.533. The van der Waals surface area contributed by atoms with Gasteiger partial charge in [0.15, 0.2) is 5.17 Å². The van der Waals surface area contributed by atoms with Gasteiger partial charge in [-0.2, -0.15) is 0 Å². The zero-order valence-electron chi connectivity index (χ0n) is 12.5. The molecule has 0 spiro atoms. The summed E-state index contributed by atoms with van der Waals surface area (Å²) in [6.45, 7) is 4.40. The first-order chi connectivity index (χ1) is 9.64. The van der Waals surface area contributed by atoms with Crippen LogP contribution in [0.2, 0.25) is 0 Å². The average Bonchev–Trinajstić information content (AvgIpc) is 2.90. The lowest BCUT2D eigenvalue weighted by molar-refractivity contribution is 0.395. The number of ether oxygens (including phenoxy) is 2. The minimum absolute atomic E-state index is 0.0932. The van der Waals surface area contributed by atoms with E-state index in [0.717, 1.165) is 40.9 Å². The van der Waals surface area contributed by atoms with E-state index in [2.05, 4.69) is 19.2 Å². The van der Waals surface area contributed by atoms with Gasteiger partial charge in [-0.3, -0.25) is 4.99 Å². The molecule has 4 nitrogen and oxygen atoms in total. The Morgan fingerprint density at radius 1 is 1.15 bits per heavy atom. The number of rotatable bonds is 5. The molecule has 5 heteroatoms. The van der Waals surface area contributed by atoms with Crippen LogP contribution in [0.4, 0.5) is 5.69 Å². The van der Waals surface area contributed by atoms with E-state index in [0.29, 0.717) is 0 Å². The number of anilines is 1. The number of benzene rings is 1. The normalized spacial score (nSPS) is 16.7. The monoisotopic (exact) mass is 294 g/mol. The molecule has 0 atom stereocenters. The van der Waals surface area contributed by atoms with Crippen molar-refractivity contribution >= 4 is 22.6 Å². The number of hydrogen-bond acceptors (Lipinski definition) is 5. The van der Waals surface area contributed by atoms with Crippen molar-refractivity contribution in [2.75, 3.05) is 25.3 Å². The van der Waals surface area contributed by atoms with Gasteiger partial charge in [0.05, 0.1) is 19.8 Å². The largest absolute Gasteiger partial charge is 0.497 e. The van der Waals surface area contributed by atoms with Gasteiger partial charge in [-0.1, -0.05) is 25.6 Å². The fourth-order valence-electron chi connectivity index (χ4n) is 2.16. The Bertz CT molecular complexity index is 476. The Kier molecular flexibility index (Phi) is 4.81. The smallest absolute Gasteiger partial charge is 0.161 e. The second-order valence-electron chi connectivity index (χ2n) is 4.86. The molecule has 0 radical (unpaired) electrons. The van der Waals surface area contributed by atoms with Crippen LogP contribution in [0.5, 0.6) is 11.5 Å². The Labute approximate surface area is 125 Å². The summed E-state index contributed by atoms with van der Waals surface area (Å²) < 4.78 is 10.6. The van der Waals surface area contributed by atoms with Crippen molar-refractivity contribution in [3.8, 4) is 11.5 Å². The number of nitrogens with zero attached hydrogens (tertiary/aromatic N) is 1. The highest BCUT2D eigenvalue weighted by Crippen LogP contribution is 2.34. The van der Waals surface area contributed by atoms with Crippen molar-refractivity contribution in [3.05, 3.63) is 18.2 Å². The molecule has 0 saturated heterocycles. The zero-order chi connectivity index (χ0) is 14.6. The summed E-state index contributed by atoms with van der Waals surface area (Å²) in [6.07, 6.45) is 2.15. The standard InChI is InChI=1S/C15H22N2O2S/c1-5-15(6-2)10-20-14(17-15)16-11-7-12(18-3)9-13(8-11)19-4/h7-9H,5-6,10H2,1-4H3,(H,16,17). The number of methoxy groups -OCH3 is 2. The summed E-state index contributed by atoms with van der Waals surface area (Å²) in [6, 6.07) is 5.75. The topological polar surface area (TPSA) is 42.8 Å². The van der Waals surface area contributed by atoms with Gasteiger partial charge in [0, 0.05) is 29.6 Å². The third-order valence-corrected chi connectivity index (χ3v) is 4.88. The second-order valence-corrected chi connectivity index (χ2v) is 5.83. The number of amidine groups is 1. The van der Waals surface area contributed by atoms with Crippen LogP contribution in [-0.2, 0) is 0 Å². The molecule has 0 bridgehead atoms. The van der Waals surface area contributed by atoms with Crippen molar-refractivity contribution in [1.29, 1.82) is 0 Å². The van der Waals surface area contributed by atoms with Gasteiger partial charge in [-0.15, -0.1) is 0 Å². The highest BCUT2D eigenvalue weighted by atomic mass is 32.2. The van der Waals surface area contributed by atoms with Crippen LogP contribution >= 0.6 is 11.8 Å². The third-order valence-electron chi connectivity index (χ3n) is 3.74. The second kappa shape index (κ2) is 6.39. The van der Waals surface area contributed by atoms with Crippen LogP contribution in [0, 0.1) is 0 Å². The van der Waals surface area contributed by atoms with Crippen LogP contribution in [0.3, 0.4) is 0 Å². The van der Waals surface area contributed by atoms with Crippen molar-refractivity contribution in [3.63, 3.8) is 0 Å². The number of thioether (sulfide) groups is 1. The van der Waals surface area contributed by atoms with Crippen LogP contribution in [-0.4, -0.2) is 30.7 Å². The maximum absolute atomic E-state index is 5.28. The quantitative estimate of drug-likeness (QED) is 0.897. The molecule has 0 fully saturated rings. The summed E-state index contributed by atoms with van der Waals surface area (Å²) >= 11 is 1.78. The van der Waals surface area contributed by atoms with Gasteiger partial charge in [0.1, 0.15) is 11.5 Å². The lowest BCUT2D eigenvalue weighted by Crippen LogP contribution is -2.24. The molecule has 1 aliphatic heterocycles. The highest BCUT2D eigenvalue weighted by Gasteiger charge is 2.32. The lowest BCUT2D eigenvalue weighted by Gasteiger charge is -2.20. The molecular weight excluding hydrogens is 272 g/mol. The minimum Gasteiger partial charge on any atom is -0.497 e.